The maximum atomic E-state index is 5.87. The van der Waals surface area contributed by atoms with E-state index in [4.69, 9.17) is 5.73 Å². The molecule has 0 atom stereocenters. The standard InChI is InChI=1S/C14H22N2/c1-11-8-9-12(15)10-14(11)16(2)13-6-4-3-5-7-13/h8-10,13H,3-7,15H2,1-2H3. The van der Waals surface area contributed by atoms with Crippen molar-refractivity contribution >= 4 is 11.4 Å². The van der Waals surface area contributed by atoms with Gasteiger partial charge in [0.25, 0.3) is 0 Å². The number of benzene rings is 1. The van der Waals surface area contributed by atoms with Crippen LogP contribution in [-0.2, 0) is 0 Å². The molecule has 0 bridgehead atoms. The van der Waals surface area contributed by atoms with Gasteiger partial charge in [0, 0.05) is 24.5 Å². The van der Waals surface area contributed by atoms with Gasteiger partial charge < -0.3 is 10.6 Å². The van der Waals surface area contributed by atoms with Crippen LogP contribution >= 0.6 is 0 Å². The maximum Gasteiger partial charge on any atom is 0.0416 e. The second-order valence-corrected chi connectivity index (χ2v) is 4.95. The summed E-state index contributed by atoms with van der Waals surface area (Å²) in [6.45, 7) is 2.16. The fraction of sp³-hybridized carbons (Fsp3) is 0.571. The van der Waals surface area contributed by atoms with Gasteiger partial charge in [0.05, 0.1) is 0 Å². The molecule has 88 valence electrons. The Hall–Kier alpha value is -1.18. The lowest BCUT2D eigenvalue weighted by Gasteiger charge is -2.34. The van der Waals surface area contributed by atoms with E-state index in [1.54, 1.807) is 0 Å². The molecule has 1 aromatic rings. The maximum absolute atomic E-state index is 5.87. The van der Waals surface area contributed by atoms with Crippen LogP contribution in [-0.4, -0.2) is 13.1 Å². The molecule has 1 fully saturated rings. The molecular weight excluding hydrogens is 196 g/mol. The highest BCUT2D eigenvalue weighted by Gasteiger charge is 2.19. The summed E-state index contributed by atoms with van der Waals surface area (Å²) >= 11 is 0. The molecule has 0 saturated heterocycles. The van der Waals surface area contributed by atoms with E-state index in [2.05, 4.69) is 31.0 Å². The Bertz CT molecular complexity index is 354. The zero-order valence-corrected chi connectivity index (χ0v) is 10.4. The fourth-order valence-corrected chi connectivity index (χ4v) is 2.67. The van der Waals surface area contributed by atoms with Crippen molar-refractivity contribution in [2.45, 2.75) is 45.1 Å². The van der Waals surface area contributed by atoms with Gasteiger partial charge in [-0.05, 0) is 37.5 Å². The van der Waals surface area contributed by atoms with Crippen molar-refractivity contribution in [1.82, 2.24) is 0 Å². The minimum absolute atomic E-state index is 0.703. The van der Waals surface area contributed by atoms with Crippen LogP contribution in [0.2, 0.25) is 0 Å². The monoisotopic (exact) mass is 218 g/mol. The van der Waals surface area contributed by atoms with Gasteiger partial charge in [-0.2, -0.15) is 0 Å². The van der Waals surface area contributed by atoms with Crippen LogP contribution in [0.25, 0.3) is 0 Å². The number of anilines is 2. The molecule has 16 heavy (non-hydrogen) atoms. The largest absolute Gasteiger partial charge is 0.399 e. The van der Waals surface area contributed by atoms with Crippen molar-refractivity contribution in [3.63, 3.8) is 0 Å². The number of nitrogen functional groups attached to an aromatic ring is 1. The van der Waals surface area contributed by atoms with E-state index < -0.39 is 0 Å². The zero-order valence-electron chi connectivity index (χ0n) is 10.4. The van der Waals surface area contributed by atoms with Crippen molar-refractivity contribution in [2.75, 3.05) is 17.7 Å². The van der Waals surface area contributed by atoms with Crippen LogP contribution in [0.5, 0.6) is 0 Å². The van der Waals surface area contributed by atoms with Crippen molar-refractivity contribution in [1.29, 1.82) is 0 Å². The lowest BCUT2D eigenvalue weighted by atomic mass is 9.94. The summed E-state index contributed by atoms with van der Waals surface area (Å²) in [5.74, 6) is 0. The Balaban J connectivity index is 2.18. The van der Waals surface area contributed by atoms with Gasteiger partial charge >= 0.3 is 0 Å². The Kier molecular flexibility index (Phi) is 3.37. The average Bonchev–Trinajstić information content (AvgIpc) is 2.32. The highest BCUT2D eigenvalue weighted by atomic mass is 15.1. The summed E-state index contributed by atoms with van der Waals surface area (Å²) in [6.07, 6.45) is 6.79. The van der Waals surface area contributed by atoms with E-state index >= 15 is 0 Å². The lowest BCUT2D eigenvalue weighted by Crippen LogP contribution is -2.33. The molecule has 2 N–H and O–H groups in total. The van der Waals surface area contributed by atoms with E-state index in [1.807, 2.05) is 6.07 Å². The quantitative estimate of drug-likeness (QED) is 0.771. The van der Waals surface area contributed by atoms with Crippen molar-refractivity contribution in [3.8, 4) is 0 Å². The molecule has 1 aliphatic carbocycles. The second kappa shape index (κ2) is 4.77. The average molecular weight is 218 g/mol. The number of hydrogen-bond acceptors (Lipinski definition) is 2. The molecule has 0 amide bonds. The number of nitrogens with two attached hydrogens (primary N) is 1. The molecule has 0 aromatic heterocycles. The topological polar surface area (TPSA) is 29.3 Å². The second-order valence-electron chi connectivity index (χ2n) is 4.95. The normalized spacial score (nSPS) is 17.4. The lowest BCUT2D eigenvalue weighted by molar-refractivity contribution is 0.427. The van der Waals surface area contributed by atoms with Crippen molar-refractivity contribution in [2.24, 2.45) is 0 Å². The van der Waals surface area contributed by atoms with E-state index in [0.717, 1.165) is 5.69 Å². The van der Waals surface area contributed by atoms with Gasteiger partial charge in [-0.3, -0.25) is 0 Å². The summed E-state index contributed by atoms with van der Waals surface area (Å²) in [7, 11) is 2.21. The number of rotatable bonds is 2. The Morgan fingerprint density at radius 1 is 1.19 bits per heavy atom. The van der Waals surface area contributed by atoms with Crippen molar-refractivity contribution in [3.05, 3.63) is 23.8 Å². The first kappa shape index (κ1) is 11.3. The fourth-order valence-electron chi connectivity index (χ4n) is 2.67. The van der Waals surface area contributed by atoms with Crippen LogP contribution in [0.1, 0.15) is 37.7 Å². The molecule has 1 aromatic carbocycles. The molecule has 0 unspecified atom stereocenters. The summed E-state index contributed by atoms with van der Waals surface area (Å²) in [5, 5.41) is 0. The molecule has 2 heteroatoms. The van der Waals surface area contributed by atoms with Crippen LogP contribution in [0.4, 0.5) is 11.4 Å². The Morgan fingerprint density at radius 2 is 1.88 bits per heavy atom. The van der Waals surface area contributed by atoms with Gasteiger partial charge in [0.15, 0.2) is 0 Å². The molecule has 1 aliphatic rings. The van der Waals surface area contributed by atoms with E-state index in [9.17, 15) is 0 Å². The van der Waals surface area contributed by atoms with Gasteiger partial charge in [-0.25, -0.2) is 0 Å². The van der Waals surface area contributed by atoms with Crippen LogP contribution < -0.4 is 10.6 Å². The molecule has 0 aliphatic heterocycles. The SMILES string of the molecule is Cc1ccc(N)cc1N(C)C1CCCCC1. The van der Waals surface area contributed by atoms with Gasteiger partial charge in [0.2, 0.25) is 0 Å². The smallest absolute Gasteiger partial charge is 0.0416 e. The molecule has 2 nitrogen and oxygen atoms in total. The molecule has 0 spiro atoms. The molecular formula is C14H22N2. The van der Waals surface area contributed by atoms with E-state index in [1.165, 1.54) is 43.4 Å². The third kappa shape index (κ3) is 2.31. The summed E-state index contributed by atoms with van der Waals surface area (Å²) in [6, 6.07) is 6.90. The Labute approximate surface area is 98.4 Å². The highest BCUT2D eigenvalue weighted by Crippen LogP contribution is 2.29. The van der Waals surface area contributed by atoms with Crippen molar-refractivity contribution < 1.29 is 0 Å². The summed E-state index contributed by atoms with van der Waals surface area (Å²) in [5.41, 5.74) is 9.35. The predicted octanol–water partition coefficient (Wildman–Crippen LogP) is 3.35. The van der Waals surface area contributed by atoms with E-state index in [0.29, 0.717) is 6.04 Å². The minimum Gasteiger partial charge on any atom is -0.399 e. The molecule has 0 radical (unpaired) electrons. The minimum atomic E-state index is 0.703. The third-order valence-corrected chi connectivity index (χ3v) is 3.74. The third-order valence-electron chi connectivity index (χ3n) is 3.74. The van der Waals surface area contributed by atoms with Gasteiger partial charge in [-0.1, -0.05) is 25.3 Å². The zero-order chi connectivity index (χ0) is 11.5. The van der Waals surface area contributed by atoms with Gasteiger partial charge in [-0.15, -0.1) is 0 Å². The van der Waals surface area contributed by atoms with Crippen LogP contribution in [0.3, 0.4) is 0 Å². The first-order chi connectivity index (χ1) is 7.68. The summed E-state index contributed by atoms with van der Waals surface area (Å²) in [4.78, 5) is 2.42. The highest BCUT2D eigenvalue weighted by molar-refractivity contribution is 5.61. The van der Waals surface area contributed by atoms with Crippen LogP contribution in [0.15, 0.2) is 18.2 Å². The van der Waals surface area contributed by atoms with Gasteiger partial charge in [0.1, 0.15) is 0 Å². The predicted molar refractivity (Wildman–Crippen MR) is 70.9 cm³/mol. The molecule has 1 saturated carbocycles. The van der Waals surface area contributed by atoms with E-state index in [-0.39, 0.29) is 0 Å². The van der Waals surface area contributed by atoms with Crippen LogP contribution in [0, 0.1) is 6.92 Å². The number of aryl methyl sites for hydroxylation is 1. The first-order valence-corrected chi connectivity index (χ1v) is 6.27. The number of hydrogen-bond donors (Lipinski definition) is 1. The first-order valence-electron chi connectivity index (χ1n) is 6.27. The Morgan fingerprint density at radius 3 is 2.56 bits per heavy atom. The summed E-state index contributed by atoms with van der Waals surface area (Å²) < 4.78 is 0. The molecule has 0 heterocycles. The number of nitrogens with zero attached hydrogens (tertiary/aromatic N) is 1. The molecule has 2 rings (SSSR count).